The second-order valence-corrected chi connectivity index (χ2v) is 6.94. The Bertz CT molecular complexity index is 1440. The van der Waals surface area contributed by atoms with E-state index in [9.17, 15) is 31.5 Å². The third-order valence-electron chi connectivity index (χ3n) is 4.66. The average molecular weight is 477 g/mol. The smallest absolute Gasteiger partial charge is 0.352 e. The van der Waals surface area contributed by atoms with E-state index in [-0.39, 0.29) is 16.9 Å². The Balaban J connectivity index is 1.56. The molecule has 0 saturated heterocycles. The van der Waals surface area contributed by atoms with E-state index in [1.54, 1.807) is 18.2 Å². The van der Waals surface area contributed by atoms with Crippen LogP contribution >= 0.6 is 0 Å². The number of esters is 1. The summed E-state index contributed by atoms with van der Waals surface area (Å²) in [5.74, 6) is -14.2. The number of fused-ring (bicyclic) bond motifs is 1. The lowest BCUT2D eigenvalue weighted by molar-refractivity contribution is -0.141. The van der Waals surface area contributed by atoms with Crippen LogP contribution in [0.3, 0.4) is 0 Å². The van der Waals surface area contributed by atoms with E-state index in [0.29, 0.717) is 11.1 Å². The summed E-state index contributed by atoms with van der Waals surface area (Å²) in [6, 6.07) is 10.6. The molecule has 0 aliphatic rings. The molecule has 6 nitrogen and oxygen atoms in total. The van der Waals surface area contributed by atoms with E-state index in [2.05, 4.69) is 9.72 Å². The molecule has 2 aromatic carbocycles. The van der Waals surface area contributed by atoms with Crippen LogP contribution in [-0.2, 0) is 4.79 Å². The van der Waals surface area contributed by atoms with Crippen LogP contribution in [0.1, 0.15) is 6.92 Å². The Labute approximate surface area is 187 Å². The molecule has 0 amide bonds. The third-order valence-corrected chi connectivity index (χ3v) is 4.66. The molecule has 174 valence electrons. The Hall–Kier alpha value is -4.28. The van der Waals surface area contributed by atoms with Crippen molar-refractivity contribution in [2.45, 2.75) is 13.0 Å². The molecule has 4 rings (SSSR count). The molecule has 0 radical (unpaired) electrons. The van der Waals surface area contributed by atoms with Crippen LogP contribution in [-0.4, -0.2) is 17.1 Å². The van der Waals surface area contributed by atoms with Gasteiger partial charge in [-0.25, -0.2) is 22.8 Å². The van der Waals surface area contributed by atoms with Gasteiger partial charge in [-0.15, -0.1) is 0 Å². The van der Waals surface area contributed by atoms with Crippen molar-refractivity contribution < 1.29 is 40.6 Å². The van der Waals surface area contributed by atoms with Gasteiger partial charge >= 0.3 is 11.6 Å². The first-order valence-corrected chi connectivity index (χ1v) is 9.56. The molecule has 2 aromatic heterocycles. The maximum atomic E-state index is 13.8. The van der Waals surface area contributed by atoms with Crippen molar-refractivity contribution in [3.8, 4) is 22.8 Å². The predicted octanol–water partition coefficient (Wildman–Crippen LogP) is 4.92. The van der Waals surface area contributed by atoms with E-state index in [1.165, 1.54) is 30.5 Å². The minimum absolute atomic E-state index is 0.0586. The van der Waals surface area contributed by atoms with Crippen LogP contribution in [0.25, 0.3) is 22.2 Å². The van der Waals surface area contributed by atoms with Gasteiger partial charge in [0.15, 0.2) is 11.9 Å². The summed E-state index contributed by atoms with van der Waals surface area (Å²) < 4.78 is 82.3. The number of carbonyl (C=O) groups excluding carboxylic acids is 1. The van der Waals surface area contributed by atoms with Gasteiger partial charge in [-0.1, -0.05) is 6.07 Å². The van der Waals surface area contributed by atoms with Gasteiger partial charge in [0.25, 0.3) is 0 Å². The van der Waals surface area contributed by atoms with Crippen molar-refractivity contribution in [2.24, 2.45) is 0 Å². The SMILES string of the molecule is CC(Oc1c(F)c(F)c(F)c(F)c1F)C(=O)Oc1ccc2cc(-c3ccccn3)c(=O)oc2c1. The van der Waals surface area contributed by atoms with Crippen LogP contribution < -0.4 is 15.1 Å². The summed E-state index contributed by atoms with van der Waals surface area (Å²) in [5, 5.41) is 0.478. The highest BCUT2D eigenvalue weighted by molar-refractivity contribution is 5.84. The maximum absolute atomic E-state index is 13.8. The Kier molecular flexibility index (Phi) is 6.01. The van der Waals surface area contributed by atoms with Crippen molar-refractivity contribution in [3.05, 3.63) is 88.2 Å². The number of nitrogens with zero attached hydrogens (tertiary/aromatic N) is 1. The molecule has 0 spiro atoms. The van der Waals surface area contributed by atoms with Crippen LogP contribution in [0.4, 0.5) is 22.0 Å². The van der Waals surface area contributed by atoms with Crippen molar-refractivity contribution in [2.75, 3.05) is 0 Å². The Morgan fingerprint density at radius 2 is 1.62 bits per heavy atom. The largest absolute Gasteiger partial charge is 0.473 e. The number of rotatable bonds is 5. The highest BCUT2D eigenvalue weighted by Gasteiger charge is 2.30. The monoisotopic (exact) mass is 477 g/mol. The van der Waals surface area contributed by atoms with Gasteiger partial charge < -0.3 is 13.9 Å². The molecule has 2 heterocycles. The Morgan fingerprint density at radius 1 is 0.941 bits per heavy atom. The number of aromatic nitrogens is 1. The van der Waals surface area contributed by atoms with Crippen LogP contribution in [0, 0.1) is 29.1 Å². The molecule has 0 bridgehead atoms. The van der Waals surface area contributed by atoms with E-state index < -0.39 is 52.5 Å². The highest BCUT2D eigenvalue weighted by atomic mass is 19.2. The minimum atomic E-state index is -2.36. The van der Waals surface area contributed by atoms with Gasteiger partial charge in [0.2, 0.25) is 29.1 Å². The Morgan fingerprint density at radius 3 is 2.26 bits per heavy atom. The summed E-state index contributed by atoms with van der Waals surface area (Å²) >= 11 is 0. The zero-order valence-corrected chi connectivity index (χ0v) is 17.1. The first-order valence-electron chi connectivity index (χ1n) is 9.56. The van der Waals surface area contributed by atoms with Crippen molar-refractivity contribution in [1.29, 1.82) is 0 Å². The zero-order chi connectivity index (χ0) is 24.6. The van der Waals surface area contributed by atoms with Gasteiger partial charge in [-0.05, 0) is 37.3 Å². The van der Waals surface area contributed by atoms with E-state index in [4.69, 9.17) is 9.15 Å². The highest BCUT2D eigenvalue weighted by Crippen LogP contribution is 2.30. The summed E-state index contributed by atoms with van der Waals surface area (Å²) in [4.78, 5) is 28.7. The maximum Gasteiger partial charge on any atom is 0.352 e. The molecule has 4 aromatic rings. The molecule has 0 aliphatic carbocycles. The molecular weight excluding hydrogens is 465 g/mol. The first kappa shape index (κ1) is 22.9. The molecule has 0 N–H and O–H groups in total. The lowest BCUT2D eigenvalue weighted by atomic mass is 10.1. The number of ether oxygens (including phenoxy) is 2. The fourth-order valence-corrected chi connectivity index (χ4v) is 2.97. The van der Waals surface area contributed by atoms with Gasteiger partial charge in [-0.2, -0.15) is 8.78 Å². The van der Waals surface area contributed by atoms with E-state index in [1.807, 2.05) is 0 Å². The predicted molar refractivity (Wildman–Crippen MR) is 108 cm³/mol. The van der Waals surface area contributed by atoms with Crippen molar-refractivity contribution >= 4 is 16.9 Å². The van der Waals surface area contributed by atoms with E-state index >= 15 is 0 Å². The fourth-order valence-electron chi connectivity index (χ4n) is 2.97. The number of hydrogen-bond donors (Lipinski definition) is 0. The third kappa shape index (κ3) is 4.19. The molecule has 1 atom stereocenters. The second kappa shape index (κ2) is 8.93. The molecule has 11 heteroatoms. The number of carbonyl (C=O) groups is 1. The van der Waals surface area contributed by atoms with Gasteiger partial charge in [0.1, 0.15) is 11.3 Å². The molecule has 0 fully saturated rings. The van der Waals surface area contributed by atoms with Gasteiger partial charge in [0, 0.05) is 17.6 Å². The summed E-state index contributed by atoms with van der Waals surface area (Å²) in [6.45, 7) is 0.987. The van der Waals surface area contributed by atoms with E-state index in [0.717, 1.165) is 6.92 Å². The van der Waals surface area contributed by atoms with Crippen LogP contribution in [0.5, 0.6) is 11.5 Å². The number of benzene rings is 2. The number of pyridine rings is 1. The first-order chi connectivity index (χ1) is 16.2. The lowest BCUT2D eigenvalue weighted by Crippen LogP contribution is -2.29. The lowest BCUT2D eigenvalue weighted by Gasteiger charge is -2.15. The summed E-state index contributed by atoms with van der Waals surface area (Å²) in [6.07, 6.45) is -0.250. The van der Waals surface area contributed by atoms with Crippen molar-refractivity contribution in [3.63, 3.8) is 0 Å². The topological polar surface area (TPSA) is 78.6 Å². The molecular formula is C23H12F5NO5. The van der Waals surface area contributed by atoms with Crippen LogP contribution in [0.15, 0.2) is 57.9 Å². The fraction of sp³-hybridized carbons (Fsp3) is 0.0870. The van der Waals surface area contributed by atoms with Gasteiger partial charge in [-0.3, -0.25) is 4.98 Å². The molecule has 34 heavy (non-hydrogen) atoms. The standard InChI is InChI=1S/C23H12F5NO5/c1-10(32-21-19(27)17(25)16(24)18(26)20(21)28)22(30)33-12-6-5-11-8-13(14-4-2-3-7-29-14)23(31)34-15(11)9-12/h2-10H,1H3. The number of halogens is 5. The van der Waals surface area contributed by atoms with Crippen LogP contribution in [0.2, 0.25) is 0 Å². The minimum Gasteiger partial charge on any atom is -0.473 e. The quantitative estimate of drug-likeness (QED) is 0.101. The average Bonchev–Trinajstić information content (AvgIpc) is 2.84. The number of hydrogen-bond acceptors (Lipinski definition) is 6. The summed E-state index contributed by atoms with van der Waals surface area (Å²) in [5.41, 5.74) is -0.0311. The molecule has 1 unspecified atom stereocenters. The normalized spacial score (nSPS) is 11.9. The van der Waals surface area contributed by atoms with Gasteiger partial charge in [0.05, 0.1) is 11.3 Å². The molecule has 0 saturated carbocycles. The summed E-state index contributed by atoms with van der Waals surface area (Å²) in [7, 11) is 0. The second-order valence-electron chi connectivity index (χ2n) is 6.94. The van der Waals surface area contributed by atoms with Crippen molar-refractivity contribution in [1.82, 2.24) is 4.98 Å². The zero-order valence-electron chi connectivity index (χ0n) is 17.1. The molecule has 0 aliphatic heterocycles.